The number of anilines is 1. The van der Waals surface area contributed by atoms with Crippen molar-refractivity contribution in [2.24, 2.45) is 0 Å². The number of nitrogens with two attached hydrogens (primary N) is 1. The van der Waals surface area contributed by atoms with Crippen molar-refractivity contribution in [3.05, 3.63) is 28.8 Å². The summed E-state index contributed by atoms with van der Waals surface area (Å²) < 4.78 is 0. The van der Waals surface area contributed by atoms with Gasteiger partial charge in [0.25, 0.3) is 5.91 Å². The summed E-state index contributed by atoms with van der Waals surface area (Å²) in [6.07, 6.45) is 4.91. The Morgan fingerprint density at radius 2 is 2.05 bits per heavy atom. The Labute approximate surface area is 125 Å². The first-order valence-corrected chi connectivity index (χ1v) is 7.61. The number of rotatable bonds is 5. The largest absolute Gasteiger partial charge is 0.397 e. The van der Waals surface area contributed by atoms with Crippen LogP contribution in [0.1, 0.15) is 36.0 Å². The summed E-state index contributed by atoms with van der Waals surface area (Å²) >= 11 is 5.91. The third-order valence-corrected chi connectivity index (χ3v) is 4.01. The van der Waals surface area contributed by atoms with Crippen LogP contribution in [-0.4, -0.2) is 37.0 Å². The Kier molecular flexibility index (Phi) is 5.68. The van der Waals surface area contributed by atoms with E-state index in [1.54, 1.807) is 18.2 Å². The number of para-hydroxylation sites is 1. The van der Waals surface area contributed by atoms with Crippen molar-refractivity contribution in [1.82, 2.24) is 10.2 Å². The van der Waals surface area contributed by atoms with Crippen LogP contribution in [0, 0.1) is 0 Å². The number of amides is 1. The molecule has 110 valence electrons. The minimum atomic E-state index is -0.149. The number of carbonyl (C=O) groups excluding carboxylic acids is 1. The first-order valence-electron chi connectivity index (χ1n) is 7.23. The Morgan fingerprint density at radius 3 is 2.80 bits per heavy atom. The lowest BCUT2D eigenvalue weighted by Gasteiger charge is -2.26. The van der Waals surface area contributed by atoms with Gasteiger partial charge in [-0.1, -0.05) is 24.1 Å². The summed E-state index contributed by atoms with van der Waals surface area (Å²) in [4.78, 5) is 14.5. The highest BCUT2D eigenvalue weighted by Crippen LogP contribution is 2.22. The van der Waals surface area contributed by atoms with E-state index in [4.69, 9.17) is 17.3 Å². The zero-order chi connectivity index (χ0) is 14.4. The second kappa shape index (κ2) is 7.50. The maximum Gasteiger partial charge on any atom is 0.253 e. The van der Waals surface area contributed by atoms with Crippen molar-refractivity contribution in [3.8, 4) is 0 Å². The van der Waals surface area contributed by atoms with Gasteiger partial charge in [0, 0.05) is 6.54 Å². The normalized spacial score (nSPS) is 16.1. The molecule has 2 rings (SSSR count). The third kappa shape index (κ3) is 4.12. The molecule has 0 atom stereocenters. The molecule has 4 nitrogen and oxygen atoms in total. The fourth-order valence-electron chi connectivity index (χ4n) is 2.52. The molecule has 1 saturated heterocycles. The molecule has 0 radical (unpaired) electrons. The van der Waals surface area contributed by atoms with Crippen LogP contribution in [0.15, 0.2) is 18.2 Å². The highest BCUT2D eigenvalue weighted by molar-refractivity contribution is 6.33. The molecular formula is C15H22ClN3O. The maximum absolute atomic E-state index is 12.0. The van der Waals surface area contributed by atoms with Gasteiger partial charge in [-0.05, 0) is 51.0 Å². The number of nitrogens with one attached hydrogen (secondary N) is 1. The molecule has 3 N–H and O–H groups in total. The van der Waals surface area contributed by atoms with Crippen molar-refractivity contribution in [1.29, 1.82) is 0 Å². The average molecular weight is 296 g/mol. The fourth-order valence-corrected chi connectivity index (χ4v) is 2.69. The van der Waals surface area contributed by atoms with Crippen molar-refractivity contribution in [2.75, 3.05) is 31.9 Å². The second-order valence-electron chi connectivity index (χ2n) is 5.21. The Hall–Kier alpha value is -1.26. The standard InChI is InChI=1S/C15H22ClN3O/c16-13-7-4-6-12(14(13)17)15(20)18-8-5-11-19-9-2-1-3-10-19/h4,6-7H,1-3,5,8-11,17H2,(H,18,20). The second-order valence-corrected chi connectivity index (χ2v) is 5.62. The summed E-state index contributed by atoms with van der Waals surface area (Å²) in [5.41, 5.74) is 6.61. The Balaban J connectivity index is 1.73. The highest BCUT2D eigenvalue weighted by Gasteiger charge is 2.12. The molecule has 1 fully saturated rings. The molecule has 0 aromatic heterocycles. The summed E-state index contributed by atoms with van der Waals surface area (Å²) in [5.74, 6) is -0.149. The van der Waals surface area contributed by atoms with Crippen molar-refractivity contribution in [3.63, 3.8) is 0 Å². The predicted molar refractivity (Wildman–Crippen MR) is 83.1 cm³/mol. The molecule has 0 aliphatic carbocycles. The molecule has 1 aliphatic rings. The lowest BCUT2D eigenvalue weighted by molar-refractivity contribution is 0.0952. The van der Waals surface area contributed by atoms with Crippen LogP contribution in [0.25, 0.3) is 0 Å². The van der Waals surface area contributed by atoms with Crippen LogP contribution in [0.5, 0.6) is 0 Å². The highest BCUT2D eigenvalue weighted by atomic mass is 35.5. The molecule has 1 aromatic carbocycles. The number of hydrogen-bond acceptors (Lipinski definition) is 3. The molecule has 0 saturated carbocycles. The van der Waals surface area contributed by atoms with E-state index in [2.05, 4.69) is 10.2 Å². The molecule has 0 unspecified atom stereocenters. The SMILES string of the molecule is Nc1c(Cl)cccc1C(=O)NCCCN1CCCCC1. The fraction of sp³-hybridized carbons (Fsp3) is 0.533. The van der Waals surface area contributed by atoms with E-state index >= 15 is 0 Å². The quantitative estimate of drug-likeness (QED) is 0.648. The summed E-state index contributed by atoms with van der Waals surface area (Å²) in [6.45, 7) is 4.09. The van der Waals surface area contributed by atoms with Gasteiger partial charge in [0.2, 0.25) is 0 Å². The average Bonchev–Trinajstić information content (AvgIpc) is 2.47. The zero-order valence-electron chi connectivity index (χ0n) is 11.7. The van der Waals surface area contributed by atoms with E-state index in [0.29, 0.717) is 22.8 Å². The molecule has 20 heavy (non-hydrogen) atoms. The van der Waals surface area contributed by atoms with Gasteiger partial charge in [-0.25, -0.2) is 0 Å². The maximum atomic E-state index is 12.0. The van der Waals surface area contributed by atoms with E-state index in [9.17, 15) is 4.79 Å². The predicted octanol–water partition coefficient (Wildman–Crippen LogP) is 2.53. The van der Waals surface area contributed by atoms with Crippen LogP contribution >= 0.6 is 11.6 Å². The van der Waals surface area contributed by atoms with Gasteiger partial charge < -0.3 is 16.0 Å². The molecular weight excluding hydrogens is 274 g/mol. The summed E-state index contributed by atoms with van der Waals surface area (Å²) in [6, 6.07) is 5.12. The summed E-state index contributed by atoms with van der Waals surface area (Å²) in [7, 11) is 0. The van der Waals surface area contributed by atoms with E-state index in [0.717, 1.165) is 13.0 Å². The van der Waals surface area contributed by atoms with Crippen LogP contribution < -0.4 is 11.1 Å². The molecule has 1 heterocycles. The van der Waals surface area contributed by atoms with E-state index in [1.807, 2.05) is 0 Å². The van der Waals surface area contributed by atoms with E-state index < -0.39 is 0 Å². The first-order chi connectivity index (χ1) is 9.68. The lowest BCUT2D eigenvalue weighted by Crippen LogP contribution is -2.33. The number of benzene rings is 1. The molecule has 1 aromatic rings. The van der Waals surface area contributed by atoms with Gasteiger partial charge in [-0.2, -0.15) is 0 Å². The topological polar surface area (TPSA) is 58.4 Å². The number of carbonyl (C=O) groups is 1. The van der Waals surface area contributed by atoms with Crippen LogP contribution in [0.4, 0.5) is 5.69 Å². The zero-order valence-corrected chi connectivity index (χ0v) is 12.5. The van der Waals surface area contributed by atoms with Gasteiger partial charge in [0.15, 0.2) is 0 Å². The number of nitrogen functional groups attached to an aromatic ring is 1. The minimum absolute atomic E-state index is 0.149. The molecule has 0 bridgehead atoms. The smallest absolute Gasteiger partial charge is 0.253 e. The minimum Gasteiger partial charge on any atom is -0.397 e. The van der Waals surface area contributed by atoms with Crippen LogP contribution in [-0.2, 0) is 0 Å². The van der Waals surface area contributed by atoms with Gasteiger partial charge in [-0.15, -0.1) is 0 Å². The van der Waals surface area contributed by atoms with Crippen LogP contribution in [0.3, 0.4) is 0 Å². The number of hydrogen-bond donors (Lipinski definition) is 2. The summed E-state index contributed by atoms with van der Waals surface area (Å²) in [5, 5.41) is 3.32. The van der Waals surface area contributed by atoms with Gasteiger partial charge >= 0.3 is 0 Å². The van der Waals surface area contributed by atoms with E-state index in [1.165, 1.54) is 32.4 Å². The third-order valence-electron chi connectivity index (χ3n) is 3.68. The van der Waals surface area contributed by atoms with Crippen molar-refractivity contribution in [2.45, 2.75) is 25.7 Å². The number of nitrogens with zero attached hydrogens (tertiary/aromatic N) is 1. The van der Waals surface area contributed by atoms with Crippen molar-refractivity contribution < 1.29 is 4.79 Å². The molecule has 0 spiro atoms. The molecule has 5 heteroatoms. The number of halogens is 1. The van der Waals surface area contributed by atoms with Gasteiger partial charge in [0.1, 0.15) is 0 Å². The number of likely N-dealkylation sites (tertiary alicyclic amines) is 1. The van der Waals surface area contributed by atoms with Crippen LogP contribution in [0.2, 0.25) is 5.02 Å². The number of piperidine rings is 1. The van der Waals surface area contributed by atoms with Gasteiger partial charge in [-0.3, -0.25) is 4.79 Å². The van der Waals surface area contributed by atoms with Gasteiger partial charge in [0.05, 0.1) is 16.3 Å². The monoisotopic (exact) mass is 295 g/mol. The lowest BCUT2D eigenvalue weighted by atomic mass is 10.1. The van der Waals surface area contributed by atoms with E-state index in [-0.39, 0.29) is 5.91 Å². The first kappa shape index (κ1) is 15.1. The molecule has 1 aliphatic heterocycles. The molecule has 1 amide bonds. The van der Waals surface area contributed by atoms with Crippen molar-refractivity contribution >= 4 is 23.2 Å². The Bertz CT molecular complexity index is 458. The Morgan fingerprint density at radius 1 is 1.30 bits per heavy atom.